The van der Waals surface area contributed by atoms with Crippen molar-refractivity contribution in [2.45, 2.75) is 25.0 Å². The van der Waals surface area contributed by atoms with Crippen LogP contribution < -0.4 is 19.5 Å². The molecule has 1 amide bonds. The zero-order valence-corrected chi connectivity index (χ0v) is 16.7. The SMILES string of the molecule is O=C(N[C@@H]1C[C@H]2CCN(C2)C1)c1ccc2c(c1)O[C@H](COc1ccc(F)cc1)CO2. The number of fused-ring (bicyclic) bond motifs is 3. The molecular formula is C23H25FN2O4. The molecule has 0 spiro atoms. The molecule has 5 rings (SSSR count). The number of halogens is 1. The third kappa shape index (κ3) is 4.21. The van der Waals surface area contributed by atoms with Gasteiger partial charge in [-0.2, -0.15) is 0 Å². The van der Waals surface area contributed by atoms with Crippen molar-refractivity contribution in [3.8, 4) is 17.2 Å². The van der Waals surface area contributed by atoms with Crippen LogP contribution in [0.4, 0.5) is 4.39 Å². The molecule has 2 bridgehead atoms. The van der Waals surface area contributed by atoms with Crippen molar-refractivity contribution in [1.82, 2.24) is 10.2 Å². The molecule has 0 aliphatic carbocycles. The number of hydrogen-bond donors (Lipinski definition) is 1. The first-order chi connectivity index (χ1) is 14.6. The van der Waals surface area contributed by atoms with Crippen LogP contribution >= 0.6 is 0 Å². The van der Waals surface area contributed by atoms with Gasteiger partial charge in [0.05, 0.1) is 0 Å². The van der Waals surface area contributed by atoms with Crippen LogP contribution in [0.3, 0.4) is 0 Å². The van der Waals surface area contributed by atoms with E-state index in [1.807, 2.05) is 0 Å². The van der Waals surface area contributed by atoms with E-state index >= 15 is 0 Å². The highest BCUT2D eigenvalue weighted by atomic mass is 19.1. The molecule has 3 heterocycles. The molecule has 2 fully saturated rings. The summed E-state index contributed by atoms with van der Waals surface area (Å²) in [6.07, 6.45) is 1.97. The summed E-state index contributed by atoms with van der Waals surface area (Å²) in [6.45, 7) is 3.84. The number of hydrogen-bond acceptors (Lipinski definition) is 5. The van der Waals surface area contributed by atoms with Gasteiger partial charge in [-0.25, -0.2) is 4.39 Å². The maximum atomic E-state index is 13.0. The monoisotopic (exact) mass is 412 g/mol. The largest absolute Gasteiger partial charge is 0.490 e. The standard InChI is InChI=1S/C23H25FN2O4/c24-17-2-4-19(5-3-17)28-13-20-14-29-21-6-1-16(10-22(21)30-20)23(27)25-18-9-15-7-8-26(11-15)12-18/h1-6,10,15,18,20H,7-9,11-14H2,(H,25,27)/t15-,18-,20-/m1/s1. The smallest absolute Gasteiger partial charge is 0.251 e. The molecule has 2 aromatic rings. The van der Waals surface area contributed by atoms with E-state index in [1.54, 1.807) is 30.3 Å². The minimum atomic E-state index is -0.317. The summed E-state index contributed by atoms with van der Waals surface area (Å²) in [4.78, 5) is 15.2. The van der Waals surface area contributed by atoms with Crippen molar-refractivity contribution in [1.29, 1.82) is 0 Å². The predicted octanol–water partition coefficient (Wildman–Crippen LogP) is 2.87. The number of carbonyl (C=O) groups excluding carboxylic acids is 1. The highest BCUT2D eigenvalue weighted by Crippen LogP contribution is 2.33. The fourth-order valence-corrected chi connectivity index (χ4v) is 4.49. The van der Waals surface area contributed by atoms with E-state index in [2.05, 4.69) is 10.2 Å². The first-order valence-electron chi connectivity index (χ1n) is 10.5. The Bertz CT molecular complexity index is 908. The van der Waals surface area contributed by atoms with E-state index < -0.39 is 0 Å². The van der Waals surface area contributed by atoms with E-state index in [1.165, 1.54) is 18.6 Å². The Kier molecular flexibility index (Phi) is 5.21. The van der Waals surface area contributed by atoms with Gasteiger partial charge in [0.1, 0.15) is 24.8 Å². The molecule has 1 N–H and O–H groups in total. The maximum Gasteiger partial charge on any atom is 0.251 e. The van der Waals surface area contributed by atoms with Crippen LogP contribution in [0.25, 0.3) is 0 Å². The zero-order chi connectivity index (χ0) is 20.5. The Balaban J connectivity index is 1.19. The van der Waals surface area contributed by atoms with Crippen molar-refractivity contribution >= 4 is 5.91 Å². The Morgan fingerprint density at radius 1 is 1.17 bits per heavy atom. The number of rotatable bonds is 5. The fraction of sp³-hybridized carbons (Fsp3) is 0.435. The van der Waals surface area contributed by atoms with Crippen LogP contribution in [0.15, 0.2) is 42.5 Å². The van der Waals surface area contributed by atoms with Crippen LogP contribution in [0, 0.1) is 11.7 Å². The average molecular weight is 412 g/mol. The lowest BCUT2D eigenvalue weighted by Gasteiger charge is -2.30. The summed E-state index contributed by atoms with van der Waals surface area (Å²) in [5.74, 6) is 2.03. The Labute approximate surface area is 174 Å². The second-order valence-corrected chi connectivity index (χ2v) is 8.30. The summed E-state index contributed by atoms with van der Waals surface area (Å²) >= 11 is 0. The highest BCUT2D eigenvalue weighted by Gasteiger charge is 2.33. The number of benzene rings is 2. The van der Waals surface area contributed by atoms with Crippen LogP contribution in [0.1, 0.15) is 23.2 Å². The van der Waals surface area contributed by atoms with E-state index in [9.17, 15) is 9.18 Å². The highest BCUT2D eigenvalue weighted by molar-refractivity contribution is 5.95. The van der Waals surface area contributed by atoms with Gasteiger partial charge in [-0.1, -0.05) is 0 Å². The van der Waals surface area contributed by atoms with E-state index in [0.29, 0.717) is 35.3 Å². The molecular weight excluding hydrogens is 387 g/mol. The van der Waals surface area contributed by atoms with Gasteiger partial charge < -0.3 is 24.4 Å². The van der Waals surface area contributed by atoms with Crippen LogP contribution in [-0.2, 0) is 0 Å². The third-order valence-corrected chi connectivity index (χ3v) is 5.98. The lowest BCUT2D eigenvalue weighted by Crippen LogP contribution is -2.47. The van der Waals surface area contributed by atoms with Gasteiger partial charge in [0.15, 0.2) is 17.6 Å². The van der Waals surface area contributed by atoms with Crippen molar-refractivity contribution < 1.29 is 23.4 Å². The number of amides is 1. The number of nitrogens with zero attached hydrogens (tertiary/aromatic N) is 1. The van der Waals surface area contributed by atoms with E-state index in [4.69, 9.17) is 14.2 Å². The van der Waals surface area contributed by atoms with Gasteiger partial charge in [0, 0.05) is 24.7 Å². The second-order valence-electron chi connectivity index (χ2n) is 8.30. The number of nitrogens with one attached hydrogen (secondary N) is 1. The molecule has 2 aromatic carbocycles. The normalized spacial score (nSPS) is 26.8. The molecule has 158 valence electrons. The molecule has 30 heavy (non-hydrogen) atoms. The molecule has 6 nitrogen and oxygen atoms in total. The predicted molar refractivity (Wildman–Crippen MR) is 109 cm³/mol. The van der Waals surface area contributed by atoms with Gasteiger partial charge in [-0.3, -0.25) is 4.79 Å². The van der Waals surface area contributed by atoms with Crippen LogP contribution in [0.5, 0.6) is 17.2 Å². The quantitative estimate of drug-likeness (QED) is 0.819. The molecule has 0 aromatic heterocycles. The lowest BCUT2D eigenvalue weighted by atomic mass is 9.96. The first-order valence-corrected chi connectivity index (χ1v) is 10.5. The average Bonchev–Trinajstić information content (AvgIpc) is 3.10. The van der Waals surface area contributed by atoms with Crippen molar-refractivity contribution in [2.24, 2.45) is 5.92 Å². The minimum absolute atomic E-state index is 0.0846. The molecule has 0 saturated carbocycles. The summed E-state index contributed by atoms with van der Waals surface area (Å²) < 4.78 is 30.4. The maximum absolute atomic E-state index is 13.0. The summed E-state index contributed by atoms with van der Waals surface area (Å²) in [5.41, 5.74) is 0.561. The Morgan fingerprint density at radius 2 is 2.03 bits per heavy atom. The van der Waals surface area contributed by atoms with Gasteiger partial charge in [-0.05, 0) is 67.8 Å². The third-order valence-electron chi connectivity index (χ3n) is 5.98. The van der Waals surface area contributed by atoms with Crippen LogP contribution in [-0.4, -0.2) is 55.8 Å². The van der Waals surface area contributed by atoms with Crippen LogP contribution in [0.2, 0.25) is 0 Å². The first kappa shape index (κ1) is 19.2. The molecule has 3 aliphatic rings. The van der Waals surface area contributed by atoms with E-state index in [-0.39, 0.29) is 30.5 Å². The molecule has 1 unspecified atom stereocenters. The number of carbonyl (C=O) groups is 1. The van der Waals surface area contributed by atoms with Gasteiger partial charge in [0.25, 0.3) is 5.91 Å². The van der Waals surface area contributed by atoms with Gasteiger partial charge in [-0.15, -0.1) is 0 Å². The topological polar surface area (TPSA) is 60.0 Å². The minimum Gasteiger partial charge on any atom is -0.490 e. The van der Waals surface area contributed by atoms with Crippen molar-refractivity contribution in [3.05, 3.63) is 53.8 Å². The molecule has 3 aliphatic heterocycles. The van der Waals surface area contributed by atoms with E-state index in [0.717, 1.165) is 26.1 Å². The number of piperidine rings is 1. The zero-order valence-electron chi connectivity index (χ0n) is 16.7. The Hall–Kier alpha value is -2.80. The van der Waals surface area contributed by atoms with Crippen molar-refractivity contribution in [2.75, 3.05) is 32.8 Å². The van der Waals surface area contributed by atoms with Crippen molar-refractivity contribution in [3.63, 3.8) is 0 Å². The fourth-order valence-electron chi connectivity index (χ4n) is 4.49. The Morgan fingerprint density at radius 3 is 2.87 bits per heavy atom. The number of ether oxygens (including phenoxy) is 3. The molecule has 4 atom stereocenters. The second kappa shape index (κ2) is 8.14. The summed E-state index contributed by atoms with van der Waals surface area (Å²) in [5, 5.41) is 3.17. The summed E-state index contributed by atoms with van der Waals surface area (Å²) in [6, 6.07) is 11.3. The molecule has 0 radical (unpaired) electrons. The van der Waals surface area contributed by atoms with Gasteiger partial charge >= 0.3 is 0 Å². The molecule has 7 heteroatoms. The summed E-state index contributed by atoms with van der Waals surface area (Å²) in [7, 11) is 0. The lowest BCUT2D eigenvalue weighted by molar-refractivity contribution is 0.0533. The molecule has 2 saturated heterocycles. The van der Waals surface area contributed by atoms with Gasteiger partial charge in [0.2, 0.25) is 0 Å².